The Hall–Kier alpha value is -1.43. The zero-order valence-electron chi connectivity index (χ0n) is 12.4. The molecule has 2 aliphatic heterocycles. The molecule has 114 valence electrons. The van der Waals surface area contributed by atoms with Gasteiger partial charge in [-0.2, -0.15) is 0 Å². The van der Waals surface area contributed by atoms with Crippen LogP contribution in [0.3, 0.4) is 0 Å². The quantitative estimate of drug-likeness (QED) is 0.861. The fourth-order valence-corrected chi connectivity index (χ4v) is 3.06. The van der Waals surface area contributed by atoms with E-state index in [1.807, 2.05) is 18.2 Å². The van der Waals surface area contributed by atoms with Gasteiger partial charge >= 0.3 is 0 Å². The molecule has 21 heavy (non-hydrogen) atoms. The second-order valence-electron chi connectivity index (χ2n) is 5.79. The monoisotopic (exact) mass is 290 g/mol. The fourth-order valence-electron chi connectivity index (χ4n) is 3.06. The molecule has 0 spiro atoms. The van der Waals surface area contributed by atoms with Crippen LogP contribution in [0.15, 0.2) is 24.3 Å². The number of amides is 1. The summed E-state index contributed by atoms with van der Waals surface area (Å²) in [5, 5.41) is 6.35. The fraction of sp³-hybridized carbons (Fsp3) is 0.562. The largest absolute Gasteiger partial charge is 0.378 e. The molecule has 1 aromatic rings. The topological polar surface area (TPSA) is 59.6 Å². The van der Waals surface area contributed by atoms with Crippen molar-refractivity contribution >= 4 is 5.91 Å². The average molecular weight is 290 g/mol. The maximum absolute atomic E-state index is 12.5. The summed E-state index contributed by atoms with van der Waals surface area (Å²) in [5.41, 5.74) is 1.97. The summed E-state index contributed by atoms with van der Waals surface area (Å²) in [7, 11) is 1.68. The number of ether oxygens (including phenoxy) is 2. The van der Waals surface area contributed by atoms with Crippen molar-refractivity contribution in [1.29, 1.82) is 0 Å². The maximum atomic E-state index is 12.5. The van der Waals surface area contributed by atoms with Crippen LogP contribution in [0.5, 0.6) is 0 Å². The van der Waals surface area contributed by atoms with Crippen LogP contribution < -0.4 is 10.6 Å². The van der Waals surface area contributed by atoms with Crippen LogP contribution in [0, 0.1) is 0 Å². The number of carbonyl (C=O) groups is 1. The van der Waals surface area contributed by atoms with E-state index in [-0.39, 0.29) is 17.4 Å². The standard InChI is InChI=1S/C16H22N2O3/c1-20-16(6-7-21-11-16)10-18-15(19)14-9-17-8-12-4-2-3-5-13(12)14/h2-5,14,17H,6-11H2,1H3,(H,18,19). The molecule has 0 aliphatic carbocycles. The predicted octanol–water partition coefficient (Wildman–Crippen LogP) is 0.795. The zero-order chi connectivity index (χ0) is 14.7. The van der Waals surface area contributed by atoms with Gasteiger partial charge in [-0.25, -0.2) is 0 Å². The number of hydrogen-bond acceptors (Lipinski definition) is 4. The molecular formula is C16H22N2O3. The smallest absolute Gasteiger partial charge is 0.228 e. The summed E-state index contributed by atoms with van der Waals surface area (Å²) in [5.74, 6) is -0.0795. The van der Waals surface area contributed by atoms with Crippen molar-refractivity contribution in [1.82, 2.24) is 10.6 Å². The van der Waals surface area contributed by atoms with Crippen LogP contribution in [0.1, 0.15) is 23.5 Å². The van der Waals surface area contributed by atoms with Crippen LogP contribution in [-0.4, -0.2) is 44.9 Å². The Labute approximate surface area is 125 Å². The first-order chi connectivity index (χ1) is 10.2. The Kier molecular flexibility index (Phi) is 4.24. The van der Waals surface area contributed by atoms with Gasteiger partial charge in [-0.05, 0) is 11.1 Å². The summed E-state index contributed by atoms with van der Waals surface area (Å²) >= 11 is 0. The van der Waals surface area contributed by atoms with Crippen molar-refractivity contribution in [2.24, 2.45) is 0 Å². The molecule has 1 saturated heterocycles. The number of benzene rings is 1. The molecular weight excluding hydrogens is 268 g/mol. The van der Waals surface area contributed by atoms with Crippen molar-refractivity contribution < 1.29 is 14.3 Å². The van der Waals surface area contributed by atoms with Gasteiger partial charge < -0.3 is 20.1 Å². The molecule has 2 atom stereocenters. The van der Waals surface area contributed by atoms with Crippen molar-refractivity contribution in [3.8, 4) is 0 Å². The lowest BCUT2D eigenvalue weighted by molar-refractivity contribution is -0.124. The van der Waals surface area contributed by atoms with Crippen molar-refractivity contribution in [3.63, 3.8) is 0 Å². The number of methoxy groups -OCH3 is 1. The summed E-state index contributed by atoms with van der Waals surface area (Å²) in [6.45, 7) is 3.25. The third-order valence-corrected chi connectivity index (χ3v) is 4.50. The van der Waals surface area contributed by atoms with E-state index in [4.69, 9.17) is 9.47 Å². The highest BCUT2D eigenvalue weighted by Gasteiger charge is 2.36. The Morgan fingerprint density at radius 2 is 2.38 bits per heavy atom. The number of hydrogen-bond donors (Lipinski definition) is 2. The van der Waals surface area contributed by atoms with E-state index in [9.17, 15) is 4.79 Å². The molecule has 2 unspecified atom stereocenters. The Bertz CT molecular complexity index is 512. The average Bonchev–Trinajstić information content (AvgIpc) is 3.01. The number of carbonyl (C=O) groups excluding carboxylic acids is 1. The van der Waals surface area contributed by atoms with Crippen LogP contribution in [-0.2, 0) is 20.8 Å². The molecule has 1 aromatic carbocycles. The lowest BCUT2D eigenvalue weighted by Crippen LogP contribution is -2.47. The molecule has 1 amide bonds. The SMILES string of the molecule is COC1(CNC(=O)C2CNCc3ccccc32)CCOC1. The number of rotatable bonds is 4. The third kappa shape index (κ3) is 2.95. The van der Waals surface area contributed by atoms with E-state index in [1.165, 1.54) is 5.56 Å². The van der Waals surface area contributed by atoms with Gasteiger partial charge in [0.05, 0.1) is 12.5 Å². The van der Waals surface area contributed by atoms with Gasteiger partial charge in [0.15, 0.2) is 0 Å². The van der Waals surface area contributed by atoms with Gasteiger partial charge in [-0.3, -0.25) is 4.79 Å². The van der Waals surface area contributed by atoms with Gasteiger partial charge in [-0.1, -0.05) is 24.3 Å². The van der Waals surface area contributed by atoms with Crippen LogP contribution >= 0.6 is 0 Å². The Balaban J connectivity index is 1.66. The van der Waals surface area contributed by atoms with Crippen LogP contribution in [0.4, 0.5) is 0 Å². The number of fused-ring (bicyclic) bond motifs is 1. The van der Waals surface area contributed by atoms with Crippen molar-refractivity contribution in [2.75, 3.05) is 33.4 Å². The minimum atomic E-state index is -0.364. The maximum Gasteiger partial charge on any atom is 0.228 e. The highest BCUT2D eigenvalue weighted by molar-refractivity contribution is 5.84. The van der Waals surface area contributed by atoms with Gasteiger partial charge in [0, 0.05) is 39.8 Å². The van der Waals surface area contributed by atoms with Gasteiger partial charge in [0.2, 0.25) is 5.91 Å². The van der Waals surface area contributed by atoms with Gasteiger partial charge in [0.25, 0.3) is 0 Å². The molecule has 2 aliphatic rings. The third-order valence-electron chi connectivity index (χ3n) is 4.50. The summed E-state index contributed by atoms with van der Waals surface area (Å²) in [6.07, 6.45) is 0.823. The normalized spacial score (nSPS) is 28.1. The van der Waals surface area contributed by atoms with E-state index >= 15 is 0 Å². The molecule has 0 bridgehead atoms. The predicted molar refractivity (Wildman–Crippen MR) is 79.1 cm³/mol. The van der Waals surface area contributed by atoms with Crippen LogP contribution in [0.25, 0.3) is 0 Å². The van der Waals surface area contributed by atoms with Gasteiger partial charge in [0.1, 0.15) is 5.60 Å². The first-order valence-electron chi connectivity index (χ1n) is 7.43. The van der Waals surface area contributed by atoms with Crippen molar-refractivity contribution in [3.05, 3.63) is 35.4 Å². The van der Waals surface area contributed by atoms with E-state index in [0.717, 1.165) is 18.5 Å². The van der Waals surface area contributed by atoms with E-state index in [0.29, 0.717) is 26.3 Å². The minimum absolute atomic E-state index is 0.0537. The molecule has 3 rings (SSSR count). The van der Waals surface area contributed by atoms with E-state index < -0.39 is 0 Å². The first-order valence-corrected chi connectivity index (χ1v) is 7.43. The molecule has 0 aromatic heterocycles. The van der Waals surface area contributed by atoms with Crippen LogP contribution in [0.2, 0.25) is 0 Å². The highest BCUT2D eigenvalue weighted by Crippen LogP contribution is 2.25. The molecule has 0 saturated carbocycles. The molecule has 2 heterocycles. The van der Waals surface area contributed by atoms with E-state index in [2.05, 4.69) is 16.7 Å². The summed E-state index contributed by atoms with van der Waals surface area (Å²) in [4.78, 5) is 12.5. The lowest BCUT2D eigenvalue weighted by Gasteiger charge is -2.29. The first kappa shape index (κ1) is 14.5. The second-order valence-corrected chi connectivity index (χ2v) is 5.79. The van der Waals surface area contributed by atoms with Gasteiger partial charge in [-0.15, -0.1) is 0 Å². The molecule has 5 heteroatoms. The summed E-state index contributed by atoms with van der Waals surface area (Å²) in [6, 6.07) is 8.12. The second kappa shape index (κ2) is 6.13. The minimum Gasteiger partial charge on any atom is -0.378 e. The summed E-state index contributed by atoms with van der Waals surface area (Å²) < 4.78 is 10.9. The molecule has 5 nitrogen and oxygen atoms in total. The number of nitrogens with one attached hydrogen (secondary N) is 2. The Morgan fingerprint density at radius 1 is 1.52 bits per heavy atom. The molecule has 1 fully saturated rings. The van der Waals surface area contributed by atoms with E-state index in [1.54, 1.807) is 7.11 Å². The van der Waals surface area contributed by atoms with Crippen molar-refractivity contribution in [2.45, 2.75) is 24.5 Å². The molecule has 2 N–H and O–H groups in total. The molecule has 0 radical (unpaired) electrons. The Morgan fingerprint density at radius 3 is 3.14 bits per heavy atom. The lowest BCUT2D eigenvalue weighted by atomic mass is 9.90. The zero-order valence-corrected chi connectivity index (χ0v) is 12.4. The highest BCUT2D eigenvalue weighted by atomic mass is 16.5.